The normalized spacial score (nSPS) is 12.0. The third-order valence-electron chi connectivity index (χ3n) is 3.00. The Kier molecular flexibility index (Phi) is 2.75. The molecular formula is C13H8F3N3O2. The standard InChI is InChI=1S/C13H8F3N3O2/c14-13(15,16)8-6-9(20)17-11-10(8)12(21)19(18-11)7-4-2-1-3-5-7/h1-6H,(H2,17,18,20). The average Bonchev–Trinajstić information content (AvgIpc) is 2.75. The maximum atomic E-state index is 13.0. The third kappa shape index (κ3) is 2.14. The van der Waals surface area contributed by atoms with E-state index in [4.69, 9.17) is 0 Å². The number of fused-ring (bicyclic) bond motifs is 1. The van der Waals surface area contributed by atoms with Crippen LogP contribution in [0.4, 0.5) is 13.2 Å². The van der Waals surface area contributed by atoms with Crippen LogP contribution in [0.5, 0.6) is 0 Å². The molecule has 0 aliphatic carbocycles. The molecule has 0 atom stereocenters. The van der Waals surface area contributed by atoms with Gasteiger partial charge in [0, 0.05) is 6.07 Å². The highest BCUT2D eigenvalue weighted by molar-refractivity contribution is 5.79. The van der Waals surface area contributed by atoms with E-state index in [1.54, 1.807) is 30.3 Å². The van der Waals surface area contributed by atoms with Gasteiger partial charge in [-0.1, -0.05) is 18.2 Å². The van der Waals surface area contributed by atoms with Crippen molar-refractivity contribution in [3.8, 4) is 5.69 Å². The van der Waals surface area contributed by atoms with Crippen LogP contribution in [0.3, 0.4) is 0 Å². The number of halogens is 3. The SMILES string of the molecule is O=c1cc(C(F)(F)F)c2c(=O)n(-c3ccccc3)[nH]c2[nH]1. The van der Waals surface area contributed by atoms with Crippen molar-refractivity contribution in [3.05, 3.63) is 62.7 Å². The van der Waals surface area contributed by atoms with Gasteiger partial charge in [0.25, 0.3) is 5.56 Å². The summed E-state index contributed by atoms with van der Waals surface area (Å²) in [7, 11) is 0. The van der Waals surface area contributed by atoms with Gasteiger partial charge in [-0.2, -0.15) is 13.2 Å². The number of H-pyrrole nitrogens is 2. The predicted molar refractivity (Wildman–Crippen MR) is 69.5 cm³/mol. The molecule has 0 saturated heterocycles. The van der Waals surface area contributed by atoms with Crippen LogP contribution in [0.15, 0.2) is 46.0 Å². The minimum absolute atomic E-state index is 0.260. The number of nitrogens with zero attached hydrogens (tertiary/aromatic N) is 1. The fourth-order valence-electron chi connectivity index (χ4n) is 2.12. The summed E-state index contributed by atoms with van der Waals surface area (Å²) in [4.78, 5) is 25.7. The first-order valence-electron chi connectivity index (χ1n) is 5.88. The second kappa shape index (κ2) is 4.37. The van der Waals surface area contributed by atoms with Gasteiger partial charge in [0.1, 0.15) is 5.65 Å². The van der Waals surface area contributed by atoms with Gasteiger partial charge in [-0.25, -0.2) is 4.68 Å². The lowest BCUT2D eigenvalue weighted by Crippen LogP contribution is -2.19. The molecule has 3 aromatic rings. The first kappa shape index (κ1) is 13.2. The number of aromatic amines is 2. The molecule has 0 aliphatic rings. The highest BCUT2D eigenvalue weighted by Crippen LogP contribution is 2.31. The van der Waals surface area contributed by atoms with Crippen LogP contribution in [0.2, 0.25) is 0 Å². The predicted octanol–water partition coefficient (Wildman–Crippen LogP) is 2.03. The van der Waals surface area contributed by atoms with E-state index in [1.165, 1.54) is 0 Å². The van der Waals surface area contributed by atoms with Gasteiger partial charge >= 0.3 is 6.18 Å². The molecule has 8 heteroatoms. The summed E-state index contributed by atoms with van der Waals surface area (Å²) < 4.78 is 39.9. The molecule has 3 rings (SSSR count). The Morgan fingerprint density at radius 3 is 2.33 bits per heavy atom. The maximum absolute atomic E-state index is 13.0. The van der Waals surface area contributed by atoms with Crippen LogP contribution >= 0.6 is 0 Å². The topological polar surface area (TPSA) is 70.7 Å². The van der Waals surface area contributed by atoms with Gasteiger partial charge in [0.15, 0.2) is 0 Å². The number of hydrogen-bond donors (Lipinski definition) is 2. The molecule has 0 saturated carbocycles. The van der Waals surface area contributed by atoms with Gasteiger partial charge in [-0.05, 0) is 12.1 Å². The molecule has 0 radical (unpaired) electrons. The monoisotopic (exact) mass is 295 g/mol. The van der Waals surface area contributed by atoms with Crippen molar-refractivity contribution in [2.24, 2.45) is 0 Å². The molecule has 0 bridgehead atoms. The van der Waals surface area contributed by atoms with Crippen LogP contribution in [0.25, 0.3) is 16.7 Å². The molecule has 5 nitrogen and oxygen atoms in total. The molecular weight excluding hydrogens is 287 g/mol. The summed E-state index contributed by atoms with van der Waals surface area (Å²) in [6.07, 6.45) is -4.79. The molecule has 0 amide bonds. The van der Waals surface area contributed by atoms with E-state index in [0.29, 0.717) is 11.8 Å². The number of rotatable bonds is 1. The van der Waals surface area contributed by atoms with Crippen molar-refractivity contribution in [1.29, 1.82) is 0 Å². The molecule has 108 valence electrons. The second-order valence-corrected chi connectivity index (χ2v) is 4.38. The van der Waals surface area contributed by atoms with Gasteiger partial charge in [0.2, 0.25) is 5.56 Å². The van der Waals surface area contributed by atoms with Crippen LogP contribution in [0, 0.1) is 0 Å². The first-order valence-corrected chi connectivity index (χ1v) is 5.88. The Morgan fingerprint density at radius 1 is 1.05 bits per heavy atom. The quantitative estimate of drug-likeness (QED) is 0.721. The van der Waals surface area contributed by atoms with Crippen LogP contribution in [0.1, 0.15) is 5.56 Å². The van der Waals surface area contributed by atoms with Crippen molar-refractivity contribution in [1.82, 2.24) is 14.8 Å². The Bertz CT molecular complexity index is 920. The minimum atomic E-state index is -4.79. The highest BCUT2D eigenvalue weighted by atomic mass is 19.4. The summed E-state index contributed by atoms with van der Waals surface area (Å²) in [5.74, 6) is 0. The zero-order valence-electron chi connectivity index (χ0n) is 10.4. The smallest absolute Gasteiger partial charge is 0.307 e. The summed E-state index contributed by atoms with van der Waals surface area (Å²) in [6.45, 7) is 0. The van der Waals surface area contributed by atoms with E-state index < -0.39 is 28.2 Å². The summed E-state index contributed by atoms with van der Waals surface area (Å²) in [6, 6.07) is 8.48. The molecule has 2 heterocycles. The molecule has 0 spiro atoms. The zero-order chi connectivity index (χ0) is 15.2. The van der Waals surface area contributed by atoms with Crippen molar-refractivity contribution in [3.63, 3.8) is 0 Å². The number of nitrogens with one attached hydrogen (secondary N) is 2. The largest absolute Gasteiger partial charge is 0.417 e. The van der Waals surface area contributed by atoms with Gasteiger partial charge in [-0.15, -0.1) is 0 Å². The van der Waals surface area contributed by atoms with Crippen LogP contribution in [-0.2, 0) is 6.18 Å². The summed E-state index contributed by atoms with van der Waals surface area (Å²) in [5, 5.41) is 1.89. The number of pyridine rings is 1. The lowest BCUT2D eigenvalue weighted by Gasteiger charge is -2.05. The van der Waals surface area contributed by atoms with E-state index in [1.807, 2.05) is 0 Å². The van der Waals surface area contributed by atoms with E-state index >= 15 is 0 Å². The Balaban J connectivity index is 2.41. The fourth-order valence-corrected chi connectivity index (χ4v) is 2.12. The van der Waals surface area contributed by atoms with Gasteiger partial charge in [-0.3, -0.25) is 14.7 Å². The average molecular weight is 295 g/mol. The second-order valence-electron chi connectivity index (χ2n) is 4.38. The molecule has 2 N–H and O–H groups in total. The first-order chi connectivity index (χ1) is 9.88. The summed E-state index contributed by atoms with van der Waals surface area (Å²) in [5.41, 5.74) is -2.95. The molecule has 21 heavy (non-hydrogen) atoms. The van der Waals surface area contributed by atoms with Crippen molar-refractivity contribution < 1.29 is 13.2 Å². The molecule has 0 aliphatic heterocycles. The van der Waals surface area contributed by atoms with Crippen molar-refractivity contribution in [2.45, 2.75) is 6.18 Å². The molecule has 0 unspecified atom stereocenters. The zero-order valence-corrected chi connectivity index (χ0v) is 10.4. The lowest BCUT2D eigenvalue weighted by atomic mass is 10.2. The van der Waals surface area contributed by atoms with Crippen LogP contribution < -0.4 is 11.1 Å². The Morgan fingerprint density at radius 2 is 1.71 bits per heavy atom. The number of alkyl halides is 3. The Hall–Kier alpha value is -2.77. The number of aromatic nitrogens is 3. The number of benzene rings is 1. The van der Waals surface area contributed by atoms with Crippen molar-refractivity contribution >= 4 is 11.0 Å². The van der Waals surface area contributed by atoms with E-state index in [2.05, 4.69) is 10.1 Å². The molecule has 2 aromatic heterocycles. The van der Waals surface area contributed by atoms with Gasteiger partial charge < -0.3 is 4.98 Å². The Labute approximate surface area is 114 Å². The summed E-state index contributed by atoms with van der Waals surface area (Å²) >= 11 is 0. The maximum Gasteiger partial charge on any atom is 0.417 e. The fraction of sp³-hybridized carbons (Fsp3) is 0.0769. The van der Waals surface area contributed by atoms with Crippen LogP contribution in [-0.4, -0.2) is 14.8 Å². The lowest BCUT2D eigenvalue weighted by molar-refractivity contribution is -0.136. The van der Waals surface area contributed by atoms with E-state index in [9.17, 15) is 22.8 Å². The van der Waals surface area contributed by atoms with E-state index in [0.717, 1.165) is 4.68 Å². The van der Waals surface area contributed by atoms with E-state index in [-0.39, 0.29) is 5.65 Å². The third-order valence-corrected chi connectivity index (χ3v) is 3.00. The van der Waals surface area contributed by atoms with Crippen molar-refractivity contribution in [2.75, 3.05) is 0 Å². The molecule has 1 aromatic carbocycles. The van der Waals surface area contributed by atoms with Gasteiger partial charge in [0.05, 0.1) is 16.6 Å². The number of para-hydroxylation sites is 1. The number of hydrogen-bond acceptors (Lipinski definition) is 2. The minimum Gasteiger partial charge on any atom is -0.307 e. The highest BCUT2D eigenvalue weighted by Gasteiger charge is 2.35. The molecule has 0 fully saturated rings.